The fourth-order valence-corrected chi connectivity index (χ4v) is 4.45. The molecule has 9 nitrogen and oxygen atoms in total. The molecular weight excluding hydrogens is 518 g/mol. The van der Waals surface area contributed by atoms with Gasteiger partial charge in [0.25, 0.3) is 5.91 Å². The molecule has 0 saturated heterocycles. The number of carbonyl (C=O) groups is 3. The van der Waals surface area contributed by atoms with Gasteiger partial charge in [-0.3, -0.25) is 9.59 Å². The lowest BCUT2D eigenvalue weighted by molar-refractivity contribution is -0.143. The van der Waals surface area contributed by atoms with E-state index in [1.807, 2.05) is 20.1 Å². The Bertz CT molecular complexity index is 1130. The first-order chi connectivity index (χ1) is 18.3. The number of hydrogen-bond acceptors (Lipinski definition) is 7. The minimum absolute atomic E-state index is 0.0833. The second kappa shape index (κ2) is 14.1. The van der Waals surface area contributed by atoms with Gasteiger partial charge in [-0.2, -0.15) is 11.8 Å². The molecule has 2 atom stereocenters. The van der Waals surface area contributed by atoms with Gasteiger partial charge in [-0.1, -0.05) is 6.07 Å². The first-order valence-electron chi connectivity index (χ1n) is 12.8. The van der Waals surface area contributed by atoms with Gasteiger partial charge in [-0.05, 0) is 107 Å². The molecule has 0 aliphatic rings. The van der Waals surface area contributed by atoms with Crippen LogP contribution in [0, 0.1) is 6.92 Å². The van der Waals surface area contributed by atoms with E-state index in [0.717, 1.165) is 0 Å². The van der Waals surface area contributed by atoms with E-state index in [-0.39, 0.29) is 5.75 Å². The van der Waals surface area contributed by atoms with E-state index in [1.165, 1.54) is 11.0 Å². The average molecular weight is 560 g/mol. The van der Waals surface area contributed by atoms with Crippen molar-refractivity contribution in [3.63, 3.8) is 0 Å². The smallest absolute Gasteiger partial charge is 0.408 e. The van der Waals surface area contributed by atoms with Crippen LogP contribution in [0.5, 0.6) is 11.5 Å². The number of phenolic OH excluding ortho intramolecular Hbond substituents is 1. The third-order valence-electron chi connectivity index (χ3n) is 5.83. The molecule has 0 aliphatic heterocycles. The summed E-state index contributed by atoms with van der Waals surface area (Å²) in [5.74, 6) is 0.486. The fourth-order valence-electron chi connectivity index (χ4n) is 3.97. The second-order valence-electron chi connectivity index (χ2n) is 10.5. The van der Waals surface area contributed by atoms with Crippen molar-refractivity contribution in [3.8, 4) is 11.5 Å². The average Bonchev–Trinajstić information content (AvgIpc) is 2.85. The highest BCUT2D eigenvalue weighted by molar-refractivity contribution is 7.98. The molecule has 0 aromatic heterocycles. The Morgan fingerprint density at radius 3 is 2.23 bits per heavy atom. The lowest BCUT2D eigenvalue weighted by Gasteiger charge is -2.37. The maximum absolute atomic E-state index is 14.1. The fraction of sp³-hybridized carbons (Fsp3) is 0.483. The lowest BCUT2D eigenvalue weighted by atomic mass is 9.98. The molecule has 3 N–H and O–H groups in total. The molecule has 0 bridgehead atoms. The molecule has 39 heavy (non-hydrogen) atoms. The van der Waals surface area contributed by atoms with Crippen LogP contribution in [0.2, 0.25) is 0 Å². The molecule has 2 aromatic rings. The molecule has 214 valence electrons. The monoisotopic (exact) mass is 559 g/mol. The van der Waals surface area contributed by atoms with E-state index in [0.29, 0.717) is 34.7 Å². The number of aromatic hydroxyl groups is 1. The first kappa shape index (κ1) is 31.8. The van der Waals surface area contributed by atoms with Crippen LogP contribution in [0.1, 0.15) is 58.2 Å². The topological polar surface area (TPSA) is 117 Å². The summed E-state index contributed by atoms with van der Waals surface area (Å²) in [6.45, 7) is 10.6. The van der Waals surface area contributed by atoms with Crippen LogP contribution in [-0.2, 0) is 14.3 Å². The number of benzene rings is 2. The molecule has 2 rings (SSSR count). The van der Waals surface area contributed by atoms with E-state index in [9.17, 15) is 19.5 Å². The van der Waals surface area contributed by atoms with Crippen molar-refractivity contribution in [3.05, 3.63) is 53.6 Å². The van der Waals surface area contributed by atoms with Crippen molar-refractivity contribution in [1.82, 2.24) is 10.2 Å². The number of hydrogen-bond donors (Lipinski definition) is 3. The molecule has 0 spiro atoms. The highest BCUT2D eigenvalue weighted by atomic mass is 32.2. The van der Waals surface area contributed by atoms with Gasteiger partial charge in [0.05, 0.1) is 7.11 Å². The Kier molecular flexibility index (Phi) is 11.5. The van der Waals surface area contributed by atoms with Crippen molar-refractivity contribution < 1.29 is 29.0 Å². The maximum Gasteiger partial charge on any atom is 0.408 e. The normalized spacial score (nSPS) is 12.8. The number of alkyl carbamates (subject to hydrolysis) is 1. The van der Waals surface area contributed by atoms with Crippen LogP contribution < -0.4 is 15.4 Å². The van der Waals surface area contributed by atoms with Gasteiger partial charge < -0.3 is 30.1 Å². The van der Waals surface area contributed by atoms with Crippen molar-refractivity contribution in [2.75, 3.05) is 24.4 Å². The predicted molar refractivity (Wildman–Crippen MR) is 155 cm³/mol. The van der Waals surface area contributed by atoms with E-state index < -0.39 is 41.6 Å². The van der Waals surface area contributed by atoms with Gasteiger partial charge >= 0.3 is 6.09 Å². The Morgan fingerprint density at radius 2 is 1.72 bits per heavy atom. The number of nitrogens with zero attached hydrogens (tertiary/aromatic N) is 1. The predicted octanol–water partition coefficient (Wildman–Crippen LogP) is 5.27. The third-order valence-corrected chi connectivity index (χ3v) is 6.48. The number of methoxy groups -OCH3 is 1. The molecule has 3 amide bonds. The summed E-state index contributed by atoms with van der Waals surface area (Å²) in [5.41, 5.74) is 0.887. The summed E-state index contributed by atoms with van der Waals surface area (Å²) < 4.78 is 10.6. The number of anilines is 1. The minimum atomic E-state index is -1.05. The Hall–Kier alpha value is -3.40. The highest BCUT2D eigenvalue weighted by Crippen LogP contribution is 2.30. The van der Waals surface area contributed by atoms with Crippen molar-refractivity contribution >= 4 is 35.4 Å². The zero-order valence-electron chi connectivity index (χ0n) is 24.0. The number of ether oxygens (including phenoxy) is 2. The Morgan fingerprint density at radius 1 is 1.08 bits per heavy atom. The molecule has 2 aromatic carbocycles. The number of rotatable bonds is 11. The summed E-state index contributed by atoms with van der Waals surface area (Å²) in [5, 5.41) is 15.7. The molecule has 0 heterocycles. The van der Waals surface area contributed by atoms with Crippen LogP contribution in [0.3, 0.4) is 0 Å². The number of aryl methyl sites for hydroxylation is 1. The summed E-state index contributed by atoms with van der Waals surface area (Å²) in [7, 11) is 1.56. The maximum atomic E-state index is 14.1. The summed E-state index contributed by atoms with van der Waals surface area (Å²) in [6, 6.07) is 9.33. The lowest BCUT2D eigenvalue weighted by Crippen LogP contribution is -2.54. The molecular formula is C29H41N3O6S. The zero-order chi connectivity index (χ0) is 29.3. The van der Waals surface area contributed by atoms with E-state index in [4.69, 9.17) is 9.47 Å². The van der Waals surface area contributed by atoms with Crippen LogP contribution in [0.25, 0.3) is 0 Å². The SMILES string of the molecule is COc1ccc(NC(=O)C(c2ccc(O)c(C)c2)N(C(=O)C(CCSC)NC(=O)OC(C)(C)C)C(C)C)cc1. The van der Waals surface area contributed by atoms with Crippen LogP contribution in [-0.4, -0.2) is 64.7 Å². The number of amides is 3. The molecule has 0 fully saturated rings. The molecule has 0 aliphatic carbocycles. The van der Waals surface area contributed by atoms with Gasteiger partial charge in [-0.25, -0.2) is 4.79 Å². The van der Waals surface area contributed by atoms with E-state index in [2.05, 4.69) is 10.6 Å². The molecule has 0 radical (unpaired) electrons. The Balaban J connectivity index is 2.52. The molecule has 2 unspecified atom stereocenters. The van der Waals surface area contributed by atoms with E-state index in [1.54, 1.807) is 83.0 Å². The minimum Gasteiger partial charge on any atom is -0.508 e. The molecule has 0 saturated carbocycles. The summed E-state index contributed by atoms with van der Waals surface area (Å²) in [6.07, 6.45) is 1.56. The van der Waals surface area contributed by atoms with Crippen LogP contribution in [0.4, 0.5) is 10.5 Å². The van der Waals surface area contributed by atoms with Gasteiger partial charge in [-0.15, -0.1) is 0 Å². The van der Waals surface area contributed by atoms with Gasteiger partial charge in [0, 0.05) is 11.7 Å². The Labute approximate surface area is 235 Å². The standard InChI is InChI=1S/C29H41N3O6S/c1-18(2)32(27(35)23(15-16-39-8)31-28(36)38-29(4,5)6)25(20-9-14-24(33)19(3)17-20)26(34)30-21-10-12-22(37-7)13-11-21/h9-14,17-18,23,25,33H,15-16H2,1-8H3,(H,30,34)(H,31,36). The largest absolute Gasteiger partial charge is 0.508 e. The number of thioether (sulfide) groups is 1. The number of carbonyl (C=O) groups excluding carboxylic acids is 3. The van der Waals surface area contributed by atoms with Crippen molar-refractivity contribution in [2.45, 2.75) is 71.7 Å². The van der Waals surface area contributed by atoms with Gasteiger partial charge in [0.2, 0.25) is 5.91 Å². The van der Waals surface area contributed by atoms with Crippen LogP contribution >= 0.6 is 11.8 Å². The van der Waals surface area contributed by atoms with Crippen LogP contribution in [0.15, 0.2) is 42.5 Å². The summed E-state index contributed by atoms with van der Waals surface area (Å²) >= 11 is 1.55. The summed E-state index contributed by atoms with van der Waals surface area (Å²) in [4.78, 5) is 42.1. The first-order valence-corrected chi connectivity index (χ1v) is 14.2. The number of phenols is 1. The van der Waals surface area contributed by atoms with Crippen molar-refractivity contribution in [1.29, 1.82) is 0 Å². The highest BCUT2D eigenvalue weighted by Gasteiger charge is 2.38. The van der Waals surface area contributed by atoms with Crippen molar-refractivity contribution in [2.24, 2.45) is 0 Å². The van der Waals surface area contributed by atoms with E-state index >= 15 is 0 Å². The van der Waals surface area contributed by atoms with Gasteiger partial charge in [0.1, 0.15) is 29.2 Å². The molecule has 10 heteroatoms. The quantitative estimate of drug-likeness (QED) is 0.343. The zero-order valence-corrected chi connectivity index (χ0v) is 24.8. The third kappa shape index (κ3) is 9.38. The van der Waals surface area contributed by atoms with Gasteiger partial charge in [0.15, 0.2) is 0 Å². The number of nitrogens with one attached hydrogen (secondary N) is 2. The second-order valence-corrected chi connectivity index (χ2v) is 11.5.